The second kappa shape index (κ2) is 20.7. The molecular formula is C35H55N3OS. The van der Waals surface area contributed by atoms with E-state index < -0.39 is 0 Å². The molecule has 1 aromatic carbocycles. The minimum atomic E-state index is 0.0515. The third-order valence-electron chi connectivity index (χ3n) is 8.08. The molecule has 0 saturated heterocycles. The molecule has 3 rings (SSSR count). The van der Waals surface area contributed by atoms with Gasteiger partial charge >= 0.3 is 0 Å². The maximum Gasteiger partial charge on any atom is 0.261 e. The Morgan fingerprint density at radius 2 is 1.32 bits per heavy atom. The van der Waals surface area contributed by atoms with Gasteiger partial charge in [-0.05, 0) is 42.8 Å². The molecule has 3 aromatic rings. The topological polar surface area (TPSA) is 46.9 Å². The average Bonchev–Trinajstić information content (AvgIpc) is 3.63. The lowest BCUT2D eigenvalue weighted by Crippen LogP contribution is -2.23. The normalized spacial score (nSPS) is 11.4. The van der Waals surface area contributed by atoms with E-state index in [2.05, 4.69) is 41.1 Å². The fourth-order valence-corrected chi connectivity index (χ4v) is 6.31. The van der Waals surface area contributed by atoms with E-state index in [0.717, 1.165) is 49.2 Å². The highest BCUT2D eigenvalue weighted by molar-refractivity contribution is 7.12. The van der Waals surface area contributed by atoms with Crippen LogP contribution in [0.4, 0.5) is 0 Å². The van der Waals surface area contributed by atoms with E-state index in [0.29, 0.717) is 0 Å². The van der Waals surface area contributed by atoms with Crippen molar-refractivity contribution in [2.24, 2.45) is 0 Å². The molecule has 0 radical (unpaired) electrons. The Balaban J connectivity index is 1.23. The average molecular weight is 566 g/mol. The number of nitrogens with zero attached hydrogens (tertiary/aromatic N) is 2. The summed E-state index contributed by atoms with van der Waals surface area (Å²) >= 11 is 1.50. The Morgan fingerprint density at radius 3 is 1.95 bits per heavy atom. The summed E-state index contributed by atoms with van der Waals surface area (Å²) in [6, 6.07) is 12.4. The maximum atomic E-state index is 12.1. The second-order valence-electron chi connectivity index (χ2n) is 11.5. The molecule has 2 aromatic heterocycles. The number of amides is 1. The van der Waals surface area contributed by atoms with Crippen LogP contribution in [0.3, 0.4) is 0 Å². The van der Waals surface area contributed by atoms with E-state index in [-0.39, 0.29) is 5.91 Å². The highest BCUT2D eigenvalue weighted by Gasteiger charge is 2.10. The number of imidazole rings is 1. The van der Waals surface area contributed by atoms with Crippen LogP contribution >= 0.6 is 11.3 Å². The van der Waals surface area contributed by atoms with Gasteiger partial charge in [0, 0.05) is 19.5 Å². The van der Waals surface area contributed by atoms with Crippen molar-refractivity contribution in [3.05, 3.63) is 52.5 Å². The molecule has 0 aliphatic carbocycles. The summed E-state index contributed by atoms with van der Waals surface area (Å²) in [5, 5.41) is 4.99. The van der Waals surface area contributed by atoms with Crippen molar-refractivity contribution < 1.29 is 4.79 Å². The summed E-state index contributed by atoms with van der Waals surface area (Å²) < 4.78 is 2.47. The van der Waals surface area contributed by atoms with Gasteiger partial charge in [0.2, 0.25) is 0 Å². The Hall–Kier alpha value is -2.14. The maximum absolute atomic E-state index is 12.1. The van der Waals surface area contributed by atoms with Crippen molar-refractivity contribution in [3.63, 3.8) is 0 Å². The van der Waals surface area contributed by atoms with E-state index in [4.69, 9.17) is 4.98 Å². The summed E-state index contributed by atoms with van der Waals surface area (Å²) in [6.45, 7) is 4.11. The van der Waals surface area contributed by atoms with Crippen LogP contribution in [0, 0.1) is 0 Å². The number of aromatic nitrogens is 2. The van der Waals surface area contributed by atoms with Crippen molar-refractivity contribution in [2.75, 3.05) is 6.54 Å². The summed E-state index contributed by atoms with van der Waals surface area (Å²) in [5.41, 5.74) is 2.40. The van der Waals surface area contributed by atoms with Crippen molar-refractivity contribution in [2.45, 2.75) is 142 Å². The van der Waals surface area contributed by atoms with Gasteiger partial charge in [0.15, 0.2) is 0 Å². The van der Waals surface area contributed by atoms with Crippen LogP contribution in [0.15, 0.2) is 41.8 Å². The standard InChI is InChI=1S/C35H55N3OS/c1-2-3-4-5-6-7-8-9-10-11-12-13-14-15-16-22-29-38-32-25-20-19-24-31(32)37-34(38)27-18-17-21-28-36-35(39)33-26-23-30-40-33/h19-20,23-26,30H,2-18,21-22,27-29H2,1H3,(H,36,39). The van der Waals surface area contributed by atoms with Crippen molar-refractivity contribution >= 4 is 28.3 Å². The molecule has 0 bridgehead atoms. The number of carbonyl (C=O) groups excluding carboxylic acids is 1. The predicted octanol–water partition coefficient (Wildman–Crippen LogP) is 10.5. The first kappa shape index (κ1) is 32.4. The number of nitrogens with one attached hydrogen (secondary N) is 1. The quantitative estimate of drug-likeness (QED) is 0.110. The van der Waals surface area contributed by atoms with E-state index >= 15 is 0 Å². The fraction of sp³-hybridized carbons (Fsp3) is 0.657. The van der Waals surface area contributed by atoms with Gasteiger partial charge in [-0.3, -0.25) is 4.79 Å². The van der Waals surface area contributed by atoms with Crippen molar-refractivity contribution in [3.8, 4) is 0 Å². The zero-order chi connectivity index (χ0) is 28.1. The Labute approximate surface area is 248 Å². The smallest absolute Gasteiger partial charge is 0.261 e. The number of aryl methyl sites for hydroxylation is 2. The zero-order valence-corrected chi connectivity index (χ0v) is 26.1. The molecule has 5 heteroatoms. The number of thiophene rings is 1. The third kappa shape index (κ3) is 12.6. The molecule has 222 valence electrons. The van der Waals surface area contributed by atoms with E-state index in [9.17, 15) is 4.79 Å². The van der Waals surface area contributed by atoms with Gasteiger partial charge in [0.05, 0.1) is 15.9 Å². The van der Waals surface area contributed by atoms with Gasteiger partial charge in [-0.15, -0.1) is 11.3 Å². The number of fused-ring (bicyclic) bond motifs is 1. The molecule has 0 aliphatic rings. The van der Waals surface area contributed by atoms with Crippen LogP contribution in [0.25, 0.3) is 11.0 Å². The molecule has 0 unspecified atom stereocenters. The molecule has 4 nitrogen and oxygen atoms in total. The molecule has 0 aliphatic heterocycles. The lowest BCUT2D eigenvalue weighted by Gasteiger charge is -2.10. The number of para-hydroxylation sites is 2. The van der Waals surface area contributed by atoms with Gasteiger partial charge < -0.3 is 9.88 Å². The number of benzene rings is 1. The molecule has 0 saturated carbocycles. The highest BCUT2D eigenvalue weighted by Crippen LogP contribution is 2.20. The Bertz CT molecular complexity index is 1040. The van der Waals surface area contributed by atoms with E-state index in [1.54, 1.807) is 0 Å². The van der Waals surface area contributed by atoms with Crippen LogP contribution in [0.1, 0.15) is 144 Å². The van der Waals surface area contributed by atoms with Gasteiger partial charge in [-0.25, -0.2) is 4.98 Å². The first-order valence-corrected chi connectivity index (χ1v) is 17.4. The summed E-state index contributed by atoms with van der Waals surface area (Å²) in [4.78, 5) is 17.9. The van der Waals surface area contributed by atoms with Gasteiger partial charge in [0.25, 0.3) is 5.91 Å². The van der Waals surface area contributed by atoms with Gasteiger partial charge in [0.1, 0.15) is 5.82 Å². The van der Waals surface area contributed by atoms with Crippen molar-refractivity contribution in [1.29, 1.82) is 0 Å². The Morgan fingerprint density at radius 1 is 0.725 bits per heavy atom. The molecule has 40 heavy (non-hydrogen) atoms. The first-order chi connectivity index (χ1) is 19.8. The molecule has 0 spiro atoms. The van der Waals surface area contributed by atoms with Gasteiger partial charge in [-0.2, -0.15) is 0 Å². The minimum absolute atomic E-state index is 0.0515. The third-order valence-corrected chi connectivity index (χ3v) is 8.95. The lowest BCUT2D eigenvalue weighted by molar-refractivity contribution is 0.0957. The lowest BCUT2D eigenvalue weighted by atomic mass is 10.0. The summed E-state index contributed by atoms with van der Waals surface area (Å²) in [5.74, 6) is 1.28. The molecule has 1 amide bonds. The van der Waals surface area contributed by atoms with Crippen LogP contribution in [0.5, 0.6) is 0 Å². The number of unbranched alkanes of at least 4 members (excludes halogenated alkanes) is 17. The van der Waals surface area contributed by atoms with E-state index in [1.165, 1.54) is 125 Å². The number of rotatable bonds is 24. The molecule has 0 fully saturated rings. The Kier molecular flexibility index (Phi) is 16.7. The second-order valence-corrected chi connectivity index (χ2v) is 12.5. The number of hydrogen-bond donors (Lipinski definition) is 1. The summed E-state index contributed by atoms with van der Waals surface area (Å²) in [6.07, 6.45) is 26.7. The van der Waals surface area contributed by atoms with Crippen LogP contribution in [-0.4, -0.2) is 22.0 Å². The highest BCUT2D eigenvalue weighted by atomic mass is 32.1. The van der Waals surface area contributed by atoms with Crippen LogP contribution in [0.2, 0.25) is 0 Å². The van der Waals surface area contributed by atoms with Gasteiger partial charge in [-0.1, -0.05) is 128 Å². The number of hydrogen-bond acceptors (Lipinski definition) is 3. The van der Waals surface area contributed by atoms with E-state index in [1.807, 2.05) is 17.5 Å². The van der Waals surface area contributed by atoms with Crippen LogP contribution < -0.4 is 5.32 Å². The minimum Gasteiger partial charge on any atom is -0.351 e. The SMILES string of the molecule is CCCCCCCCCCCCCCCCCCn1c(CCCCCNC(=O)c2cccs2)nc2ccccc21. The largest absolute Gasteiger partial charge is 0.351 e. The fourth-order valence-electron chi connectivity index (χ4n) is 5.67. The van der Waals surface area contributed by atoms with Crippen molar-refractivity contribution in [1.82, 2.24) is 14.9 Å². The molecule has 0 atom stereocenters. The summed E-state index contributed by atoms with van der Waals surface area (Å²) in [7, 11) is 0. The molecular weight excluding hydrogens is 510 g/mol. The predicted molar refractivity (Wildman–Crippen MR) is 173 cm³/mol. The van der Waals surface area contributed by atoms with Crippen LogP contribution in [-0.2, 0) is 13.0 Å². The monoisotopic (exact) mass is 565 g/mol. The molecule has 1 N–H and O–H groups in total. The molecule has 2 heterocycles. The number of carbonyl (C=O) groups is 1. The first-order valence-electron chi connectivity index (χ1n) is 16.6. The zero-order valence-electron chi connectivity index (χ0n) is 25.3.